The molecule has 0 amide bonds. The Bertz CT molecular complexity index is 123. The molecule has 0 saturated carbocycles. The van der Waals surface area contributed by atoms with Crippen molar-refractivity contribution in [3.05, 3.63) is 23.3 Å². The van der Waals surface area contributed by atoms with E-state index in [1.165, 1.54) is 11.1 Å². The van der Waals surface area contributed by atoms with Crippen molar-refractivity contribution in [2.45, 2.75) is 34.1 Å². The van der Waals surface area contributed by atoms with Gasteiger partial charge in [-0.15, -0.1) is 0 Å². The van der Waals surface area contributed by atoms with Crippen LogP contribution in [-0.4, -0.2) is 0 Å². The van der Waals surface area contributed by atoms with Crippen LogP contribution >= 0.6 is 0 Å². The summed E-state index contributed by atoms with van der Waals surface area (Å²) >= 11 is 0. The predicted molar refractivity (Wildman–Crippen MR) is 43.5 cm³/mol. The van der Waals surface area contributed by atoms with Crippen LogP contribution in [0.4, 0.5) is 0 Å². The maximum Gasteiger partial charge on any atom is -0.0374 e. The van der Waals surface area contributed by atoms with Gasteiger partial charge >= 0.3 is 0 Å². The summed E-state index contributed by atoms with van der Waals surface area (Å²) in [5.74, 6) is 0. The largest absolute Gasteiger partial charge is 0.0819 e. The minimum atomic E-state index is 1.13. The maximum absolute atomic E-state index is 2.23. The van der Waals surface area contributed by atoms with Gasteiger partial charge in [0.05, 0.1) is 0 Å². The maximum atomic E-state index is 2.23. The van der Waals surface area contributed by atoms with Gasteiger partial charge in [-0.1, -0.05) is 30.2 Å². The smallest absolute Gasteiger partial charge is 0.0374 e. The van der Waals surface area contributed by atoms with Gasteiger partial charge in [0.15, 0.2) is 0 Å². The molecule has 0 radical (unpaired) electrons. The van der Waals surface area contributed by atoms with Gasteiger partial charge < -0.3 is 0 Å². The molecule has 0 bridgehead atoms. The van der Waals surface area contributed by atoms with Crippen molar-refractivity contribution in [3.8, 4) is 0 Å². The minimum absolute atomic E-state index is 1.13. The number of allylic oxidation sites excluding steroid dienone is 4. The summed E-state index contributed by atoms with van der Waals surface area (Å²) in [5, 5.41) is 0. The fourth-order valence-corrected chi connectivity index (χ4v) is 0.836. The fraction of sp³-hybridized carbons (Fsp3) is 0.556. The monoisotopic (exact) mass is 124 g/mol. The molecule has 0 nitrogen and oxygen atoms in total. The molecule has 0 N–H and O–H groups in total. The van der Waals surface area contributed by atoms with Crippen LogP contribution in [0.25, 0.3) is 0 Å². The van der Waals surface area contributed by atoms with E-state index >= 15 is 0 Å². The van der Waals surface area contributed by atoms with Crippen LogP contribution in [0, 0.1) is 0 Å². The van der Waals surface area contributed by atoms with Crippen LogP contribution in [0.15, 0.2) is 23.3 Å². The lowest BCUT2D eigenvalue weighted by atomic mass is 10.2. The third kappa shape index (κ3) is 5.35. The first kappa shape index (κ1) is 8.48. The number of hydrogen-bond donors (Lipinski definition) is 0. The first-order valence-corrected chi connectivity index (χ1v) is 3.48. The standard InChI is InChI=1S/C9H16/c1-5-6-9(4)7-8(2)3/h6-7H,5H2,1-4H3/b9-6+. The van der Waals surface area contributed by atoms with E-state index in [1.807, 2.05) is 0 Å². The van der Waals surface area contributed by atoms with Crippen LogP contribution in [0.5, 0.6) is 0 Å². The molecule has 0 aliphatic carbocycles. The zero-order valence-corrected chi connectivity index (χ0v) is 6.86. The highest BCUT2D eigenvalue weighted by Gasteiger charge is 1.79. The molecule has 0 atom stereocenters. The normalized spacial score (nSPS) is 11.3. The quantitative estimate of drug-likeness (QED) is 0.495. The summed E-state index contributed by atoms with van der Waals surface area (Å²) in [6.07, 6.45) is 5.56. The van der Waals surface area contributed by atoms with E-state index in [1.54, 1.807) is 0 Å². The van der Waals surface area contributed by atoms with Crippen molar-refractivity contribution in [1.82, 2.24) is 0 Å². The van der Waals surface area contributed by atoms with E-state index < -0.39 is 0 Å². The molecule has 0 aromatic heterocycles. The average Bonchev–Trinajstić information content (AvgIpc) is 1.63. The molecule has 0 aromatic rings. The lowest BCUT2D eigenvalue weighted by molar-refractivity contribution is 1.19. The lowest BCUT2D eigenvalue weighted by Crippen LogP contribution is -1.69. The van der Waals surface area contributed by atoms with Crippen molar-refractivity contribution in [1.29, 1.82) is 0 Å². The van der Waals surface area contributed by atoms with E-state index in [0.29, 0.717) is 0 Å². The van der Waals surface area contributed by atoms with Gasteiger partial charge in [0, 0.05) is 0 Å². The van der Waals surface area contributed by atoms with Crippen LogP contribution in [0.3, 0.4) is 0 Å². The Balaban J connectivity index is 3.90. The second kappa shape index (κ2) is 4.37. The molecule has 0 spiro atoms. The van der Waals surface area contributed by atoms with E-state index in [0.717, 1.165) is 6.42 Å². The molecule has 0 aliphatic heterocycles. The van der Waals surface area contributed by atoms with Gasteiger partial charge in [-0.2, -0.15) is 0 Å². The Kier molecular flexibility index (Phi) is 4.12. The van der Waals surface area contributed by atoms with Gasteiger partial charge in [-0.25, -0.2) is 0 Å². The van der Waals surface area contributed by atoms with Crippen molar-refractivity contribution in [2.75, 3.05) is 0 Å². The summed E-state index contributed by atoms with van der Waals surface area (Å²) in [4.78, 5) is 0. The van der Waals surface area contributed by atoms with Crippen LogP contribution in [0.2, 0.25) is 0 Å². The average molecular weight is 124 g/mol. The molecular weight excluding hydrogens is 108 g/mol. The summed E-state index contributed by atoms with van der Waals surface area (Å²) in [5.41, 5.74) is 2.75. The zero-order valence-electron chi connectivity index (χ0n) is 6.86. The zero-order chi connectivity index (χ0) is 7.28. The summed E-state index contributed by atoms with van der Waals surface area (Å²) in [6, 6.07) is 0. The van der Waals surface area contributed by atoms with Gasteiger partial charge in [-0.3, -0.25) is 0 Å². The highest BCUT2D eigenvalue weighted by molar-refractivity contribution is 5.18. The SMILES string of the molecule is CC/C=C(\C)C=C(C)C. The van der Waals surface area contributed by atoms with Gasteiger partial charge in [-0.05, 0) is 27.2 Å². The third-order valence-corrected chi connectivity index (χ3v) is 1.04. The second-order valence-electron chi connectivity index (χ2n) is 2.58. The van der Waals surface area contributed by atoms with Crippen molar-refractivity contribution in [3.63, 3.8) is 0 Å². The van der Waals surface area contributed by atoms with Gasteiger partial charge in [0.25, 0.3) is 0 Å². The van der Waals surface area contributed by atoms with Crippen LogP contribution in [-0.2, 0) is 0 Å². The first-order chi connectivity index (χ1) is 4.16. The lowest BCUT2D eigenvalue weighted by Gasteiger charge is -1.90. The van der Waals surface area contributed by atoms with E-state index in [9.17, 15) is 0 Å². The summed E-state index contributed by atoms with van der Waals surface area (Å²) < 4.78 is 0. The molecule has 0 aromatic carbocycles. The van der Waals surface area contributed by atoms with Crippen molar-refractivity contribution < 1.29 is 0 Å². The first-order valence-electron chi connectivity index (χ1n) is 3.48. The molecule has 0 fully saturated rings. The molecule has 0 unspecified atom stereocenters. The Morgan fingerprint density at radius 2 is 1.78 bits per heavy atom. The highest BCUT2D eigenvalue weighted by Crippen LogP contribution is 2.00. The highest BCUT2D eigenvalue weighted by atomic mass is 13.9. The van der Waals surface area contributed by atoms with Crippen molar-refractivity contribution in [2.24, 2.45) is 0 Å². The summed E-state index contributed by atoms with van der Waals surface area (Å²) in [6.45, 7) is 8.53. The van der Waals surface area contributed by atoms with E-state index in [-0.39, 0.29) is 0 Å². The molecule has 52 valence electrons. The van der Waals surface area contributed by atoms with Crippen LogP contribution < -0.4 is 0 Å². The molecule has 9 heavy (non-hydrogen) atoms. The Hall–Kier alpha value is -0.520. The van der Waals surface area contributed by atoms with Gasteiger partial charge in [0.2, 0.25) is 0 Å². The van der Waals surface area contributed by atoms with E-state index in [4.69, 9.17) is 0 Å². The Morgan fingerprint density at radius 3 is 2.11 bits per heavy atom. The minimum Gasteiger partial charge on any atom is -0.0819 e. The van der Waals surface area contributed by atoms with E-state index in [2.05, 4.69) is 39.8 Å². The topological polar surface area (TPSA) is 0 Å². The van der Waals surface area contributed by atoms with Gasteiger partial charge in [0.1, 0.15) is 0 Å². The molecule has 0 heteroatoms. The predicted octanol–water partition coefficient (Wildman–Crippen LogP) is 3.31. The fourth-order valence-electron chi connectivity index (χ4n) is 0.836. The molecule has 0 heterocycles. The number of hydrogen-bond acceptors (Lipinski definition) is 0. The van der Waals surface area contributed by atoms with Crippen molar-refractivity contribution >= 4 is 0 Å². The summed E-state index contributed by atoms with van der Waals surface area (Å²) in [7, 11) is 0. The Labute approximate surface area is 58.3 Å². The third-order valence-electron chi connectivity index (χ3n) is 1.04. The molecule has 0 saturated heterocycles. The molecule has 0 rings (SSSR count). The molecule has 0 aliphatic rings. The van der Waals surface area contributed by atoms with Crippen LogP contribution in [0.1, 0.15) is 34.1 Å². The molecular formula is C9H16. The second-order valence-corrected chi connectivity index (χ2v) is 2.58. The Morgan fingerprint density at radius 1 is 1.22 bits per heavy atom. The number of rotatable bonds is 2.